The van der Waals surface area contributed by atoms with E-state index >= 15 is 0 Å². The maximum absolute atomic E-state index is 9.79. The molecule has 0 spiro atoms. The van der Waals surface area contributed by atoms with E-state index in [1.807, 2.05) is 18.2 Å². The fourth-order valence-corrected chi connectivity index (χ4v) is 2.13. The van der Waals surface area contributed by atoms with Crippen LogP contribution in [0.3, 0.4) is 0 Å². The van der Waals surface area contributed by atoms with Gasteiger partial charge in [-0.05, 0) is 22.0 Å². The minimum absolute atomic E-state index is 0.109. The summed E-state index contributed by atoms with van der Waals surface area (Å²) >= 11 is 3.29. The van der Waals surface area contributed by atoms with Gasteiger partial charge in [0, 0.05) is 18.7 Å². The predicted molar refractivity (Wildman–Crippen MR) is 68.1 cm³/mol. The van der Waals surface area contributed by atoms with E-state index in [0.717, 1.165) is 12.1 Å². The topological polar surface area (TPSA) is 50.7 Å². The fourth-order valence-electron chi connectivity index (χ4n) is 1.72. The summed E-state index contributed by atoms with van der Waals surface area (Å²) in [6.45, 7) is 3.33. The normalized spacial score (nSPS) is 20.4. The van der Waals surface area contributed by atoms with E-state index in [9.17, 15) is 5.11 Å². The lowest BCUT2D eigenvalue weighted by atomic mass is 10.2. The van der Waals surface area contributed by atoms with Crippen molar-refractivity contribution in [3.05, 3.63) is 28.2 Å². The summed E-state index contributed by atoms with van der Waals surface area (Å²) < 4.78 is 11.5. The van der Waals surface area contributed by atoms with Crippen LogP contribution in [0.2, 0.25) is 0 Å². The first-order chi connectivity index (χ1) is 8.27. The third-order valence-electron chi connectivity index (χ3n) is 2.64. The maximum atomic E-state index is 9.79. The largest absolute Gasteiger partial charge is 0.506 e. The molecule has 0 radical (unpaired) electrons. The Hall–Kier alpha value is -0.620. The van der Waals surface area contributed by atoms with Crippen LogP contribution in [0.4, 0.5) is 0 Å². The zero-order chi connectivity index (χ0) is 12.1. The van der Waals surface area contributed by atoms with E-state index in [2.05, 4.69) is 21.2 Å². The van der Waals surface area contributed by atoms with Crippen LogP contribution in [0.1, 0.15) is 5.56 Å². The van der Waals surface area contributed by atoms with E-state index < -0.39 is 0 Å². The van der Waals surface area contributed by atoms with Crippen molar-refractivity contribution in [2.75, 3.05) is 26.4 Å². The summed E-state index contributed by atoms with van der Waals surface area (Å²) in [6, 6.07) is 5.61. The lowest BCUT2D eigenvalue weighted by molar-refractivity contribution is -0.0864. The molecule has 0 amide bonds. The van der Waals surface area contributed by atoms with Crippen molar-refractivity contribution < 1.29 is 14.6 Å². The first-order valence-corrected chi connectivity index (χ1v) is 6.43. The molecule has 1 aromatic carbocycles. The van der Waals surface area contributed by atoms with Crippen LogP contribution in [-0.4, -0.2) is 37.6 Å². The highest BCUT2D eigenvalue weighted by atomic mass is 79.9. The first kappa shape index (κ1) is 12.8. The highest BCUT2D eigenvalue weighted by Gasteiger charge is 2.13. The molecule has 17 heavy (non-hydrogen) atoms. The van der Waals surface area contributed by atoms with Gasteiger partial charge in [0.15, 0.2) is 0 Å². The van der Waals surface area contributed by atoms with E-state index in [4.69, 9.17) is 9.47 Å². The Balaban J connectivity index is 1.79. The summed E-state index contributed by atoms with van der Waals surface area (Å²) in [4.78, 5) is 0. The number of rotatable bonds is 4. The van der Waals surface area contributed by atoms with Gasteiger partial charge in [-0.1, -0.05) is 12.1 Å². The number of hydrogen-bond acceptors (Lipinski definition) is 4. The lowest BCUT2D eigenvalue weighted by Gasteiger charge is -2.23. The lowest BCUT2D eigenvalue weighted by Crippen LogP contribution is -2.37. The molecule has 0 aromatic heterocycles. The van der Waals surface area contributed by atoms with Crippen molar-refractivity contribution in [3.8, 4) is 5.75 Å². The molecule has 0 bridgehead atoms. The number of aromatic hydroxyl groups is 1. The van der Waals surface area contributed by atoms with Crippen LogP contribution in [-0.2, 0) is 16.0 Å². The molecule has 2 N–H and O–H groups in total. The second-order valence-corrected chi connectivity index (χ2v) is 4.80. The van der Waals surface area contributed by atoms with Gasteiger partial charge in [-0.15, -0.1) is 0 Å². The van der Waals surface area contributed by atoms with Crippen molar-refractivity contribution in [1.82, 2.24) is 5.32 Å². The van der Waals surface area contributed by atoms with Gasteiger partial charge in [0.1, 0.15) is 5.75 Å². The van der Waals surface area contributed by atoms with Gasteiger partial charge >= 0.3 is 0 Å². The molecule has 1 fully saturated rings. The molecule has 1 heterocycles. The molecular weight excluding hydrogens is 286 g/mol. The van der Waals surface area contributed by atoms with Crippen LogP contribution in [0.25, 0.3) is 0 Å². The van der Waals surface area contributed by atoms with E-state index in [1.165, 1.54) is 0 Å². The first-order valence-electron chi connectivity index (χ1n) is 5.64. The molecule has 5 heteroatoms. The molecule has 0 saturated carbocycles. The van der Waals surface area contributed by atoms with E-state index in [-0.39, 0.29) is 6.10 Å². The van der Waals surface area contributed by atoms with Gasteiger partial charge in [-0.2, -0.15) is 0 Å². The van der Waals surface area contributed by atoms with Gasteiger partial charge in [0.25, 0.3) is 0 Å². The standard InChI is InChI=1S/C12H16BrNO3/c13-11-3-1-2-9(12(11)15)6-14-7-10-8-16-4-5-17-10/h1-3,10,14-15H,4-8H2. The van der Waals surface area contributed by atoms with Gasteiger partial charge in [-0.25, -0.2) is 0 Å². The van der Waals surface area contributed by atoms with Crippen LogP contribution in [0.15, 0.2) is 22.7 Å². The molecule has 1 unspecified atom stereocenters. The number of para-hydroxylation sites is 1. The average molecular weight is 302 g/mol. The molecule has 0 aliphatic carbocycles. The SMILES string of the molecule is Oc1c(Br)cccc1CNCC1COCCO1. The number of phenols is 1. The zero-order valence-corrected chi connectivity index (χ0v) is 11.1. The van der Waals surface area contributed by atoms with Gasteiger partial charge in [-0.3, -0.25) is 0 Å². The molecule has 1 aromatic rings. The van der Waals surface area contributed by atoms with Crippen LogP contribution in [0, 0.1) is 0 Å². The molecular formula is C12H16BrNO3. The molecule has 94 valence electrons. The maximum Gasteiger partial charge on any atom is 0.134 e. The highest BCUT2D eigenvalue weighted by molar-refractivity contribution is 9.10. The summed E-state index contributed by atoms with van der Waals surface area (Å²) in [6.07, 6.45) is 0.109. The van der Waals surface area contributed by atoms with Crippen LogP contribution in [0.5, 0.6) is 5.75 Å². The summed E-state index contributed by atoms with van der Waals surface area (Å²) in [7, 11) is 0. The quantitative estimate of drug-likeness (QED) is 0.888. The van der Waals surface area contributed by atoms with Gasteiger partial charge in [0.2, 0.25) is 0 Å². The summed E-state index contributed by atoms with van der Waals surface area (Å²) in [5.41, 5.74) is 0.871. The Bertz CT molecular complexity index is 367. The van der Waals surface area contributed by atoms with Crippen LogP contribution < -0.4 is 5.32 Å². The Morgan fingerprint density at radius 2 is 2.29 bits per heavy atom. The van der Waals surface area contributed by atoms with Crippen molar-refractivity contribution >= 4 is 15.9 Å². The van der Waals surface area contributed by atoms with Crippen molar-refractivity contribution in [1.29, 1.82) is 0 Å². The van der Waals surface area contributed by atoms with E-state index in [0.29, 0.717) is 36.6 Å². The number of phenolic OH excluding ortho intramolecular Hbond substituents is 1. The number of nitrogens with one attached hydrogen (secondary N) is 1. The summed E-state index contributed by atoms with van der Waals surface area (Å²) in [5, 5.41) is 13.0. The van der Waals surface area contributed by atoms with E-state index in [1.54, 1.807) is 0 Å². The monoisotopic (exact) mass is 301 g/mol. The Morgan fingerprint density at radius 1 is 1.41 bits per heavy atom. The molecule has 2 rings (SSSR count). The molecule has 4 nitrogen and oxygen atoms in total. The van der Waals surface area contributed by atoms with Gasteiger partial charge in [0.05, 0.1) is 30.4 Å². The Morgan fingerprint density at radius 3 is 3.06 bits per heavy atom. The van der Waals surface area contributed by atoms with Crippen LogP contribution >= 0.6 is 15.9 Å². The number of halogens is 1. The Kier molecular flexibility index (Phi) is 4.79. The second kappa shape index (κ2) is 6.35. The minimum Gasteiger partial charge on any atom is -0.506 e. The molecule has 1 saturated heterocycles. The Labute approximate surface area is 109 Å². The average Bonchev–Trinajstić information content (AvgIpc) is 2.36. The van der Waals surface area contributed by atoms with Crippen molar-refractivity contribution in [3.63, 3.8) is 0 Å². The fraction of sp³-hybridized carbons (Fsp3) is 0.500. The molecule has 1 aliphatic rings. The summed E-state index contributed by atoms with van der Waals surface area (Å²) in [5.74, 6) is 0.292. The minimum atomic E-state index is 0.109. The molecule has 1 atom stereocenters. The zero-order valence-electron chi connectivity index (χ0n) is 9.49. The number of benzene rings is 1. The predicted octanol–water partition coefficient (Wildman–Crippen LogP) is 1.66. The number of hydrogen-bond donors (Lipinski definition) is 2. The van der Waals surface area contributed by atoms with Crippen molar-refractivity contribution in [2.45, 2.75) is 12.6 Å². The third kappa shape index (κ3) is 3.67. The van der Waals surface area contributed by atoms with Crippen molar-refractivity contribution in [2.24, 2.45) is 0 Å². The smallest absolute Gasteiger partial charge is 0.134 e. The third-order valence-corrected chi connectivity index (χ3v) is 3.28. The second-order valence-electron chi connectivity index (χ2n) is 3.95. The molecule has 1 aliphatic heterocycles. The number of ether oxygens (including phenoxy) is 2. The van der Waals surface area contributed by atoms with Gasteiger partial charge < -0.3 is 19.9 Å². The highest BCUT2D eigenvalue weighted by Crippen LogP contribution is 2.27.